The smallest absolute Gasteiger partial charge is 0.383 e. The van der Waals surface area contributed by atoms with E-state index in [-0.39, 0.29) is 17.4 Å². The lowest BCUT2D eigenvalue weighted by Gasteiger charge is -2.09. The van der Waals surface area contributed by atoms with Crippen LogP contribution in [0, 0.1) is 11.8 Å². The molecule has 2 aromatic heterocycles. The first kappa shape index (κ1) is 22.8. The Morgan fingerprint density at radius 1 is 1.09 bits per heavy atom. The Kier molecular flexibility index (Phi) is 5.94. The summed E-state index contributed by atoms with van der Waals surface area (Å²) in [6.45, 7) is 3.91. The van der Waals surface area contributed by atoms with Gasteiger partial charge in [0.05, 0.1) is 10.9 Å². The zero-order valence-electron chi connectivity index (χ0n) is 18.2. The molecule has 0 unspecified atom stereocenters. The minimum Gasteiger partial charge on any atom is -0.383 e. The Balaban J connectivity index is 1.61. The van der Waals surface area contributed by atoms with Crippen LogP contribution in [-0.2, 0) is 6.18 Å². The maximum Gasteiger partial charge on any atom is 0.416 e. The molecule has 0 aliphatic heterocycles. The SMILES string of the molecule is CC(C)n1nc(C#Cc2cccc(NC(=O)c3cccc(C(F)(F)F)c3)c2)c2c(N)ncnc21. The Morgan fingerprint density at radius 3 is 2.59 bits per heavy atom. The maximum atomic E-state index is 12.9. The second kappa shape index (κ2) is 8.86. The molecule has 4 rings (SSSR count). The molecule has 0 spiro atoms. The normalized spacial score (nSPS) is 11.4. The average molecular weight is 464 g/mol. The Bertz CT molecular complexity index is 1450. The van der Waals surface area contributed by atoms with Gasteiger partial charge in [0.1, 0.15) is 17.8 Å². The number of rotatable bonds is 3. The summed E-state index contributed by atoms with van der Waals surface area (Å²) in [5.41, 5.74) is 6.96. The van der Waals surface area contributed by atoms with E-state index in [1.54, 1.807) is 28.9 Å². The fraction of sp³-hybridized carbons (Fsp3) is 0.167. The largest absolute Gasteiger partial charge is 0.416 e. The van der Waals surface area contributed by atoms with Crippen molar-refractivity contribution in [2.75, 3.05) is 11.1 Å². The number of carbonyl (C=O) groups is 1. The summed E-state index contributed by atoms with van der Waals surface area (Å²) < 4.78 is 40.5. The van der Waals surface area contributed by atoms with Crippen molar-refractivity contribution in [3.05, 3.63) is 77.2 Å². The summed E-state index contributed by atoms with van der Waals surface area (Å²) >= 11 is 0. The van der Waals surface area contributed by atoms with Crippen molar-refractivity contribution in [1.82, 2.24) is 19.7 Å². The van der Waals surface area contributed by atoms with Crippen molar-refractivity contribution in [3.63, 3.8) is 0 Å². The molecule has 7 nitrogen and oxygen atoms in total. The van der Waals surface area contributed by atoms with E-state index in [4.69, 9.17) is 5.73 Å². The average Bonchev–Trinajstić information content (AvgIpc) is 3.18. The Hall–Kier alpha value is -4.39. The van der Waals surface area contributed by atoms with Crippen LogP contribution in [0.2, 0.25) is 0 Å². The molecular weight excluding hydrogens is 445 g/mol. The quantitative estimate of drug-likeness (QED) is 0.430. The number of nitrogens with one attached hydrogen (secondary N) is 1. The monoisotopic (exact) mass is 464 g/mol. The third-order valence-corrected chi connectivity index (χ3v) is 4.91. The van der Waals surface area contributed by atoms with Gasteiger partial charge in [0, 0.05) is 22.9 Å². The molecule has 0 atom stereocenters. The standard InChI is InChI=1S/C24H19F3N6O/c1-14(2)33-22-20(21(28)29-13-30-22)19(32-33)10-9-15-5-3-8-18(11-15)31-23(34)16-6-4-7-17(12-16)24(25,26)27/h3-8,11-14H,1-2H3,(H,31,34)(H2,28,29,30). The van der Waals surface area contributed by atoms with Crippen molar-refractivity contribution in [1.29, 1.82) is 0 Å². The maximum absolute atomic E-state index is 12.9. The van der Waals surface area contributed by atoms with Gasteiger partial charge in [-0.25, -0.2) is 14.6 Å². The van der Waals surface area contributed by atoms with E-state index in [1.807, 2.05) is 13.8 Å². The Labute approximate surface area is 192 Å². The predicted molar refractivity (Wildman–Crippen MR) is 122 cm³/mol. The molecule has 0 radical (unpaired) electrons. The zero-order valence-corrected chi connectivity index (χ0v) is 18.2. The van der Waals surface area contributed by atoms with Crippen LogP contribution in [0.5, 0.6) is 0 Å². The fourth-order valence-corrected chi connectivity index (χ4v) is 3.29. The summed E-state index contributed by atoms with van der Waals surface area (Å²) in [6, 6.07) is 10.9. The highest BCUT2D eigenvalue weighted by Crippen LogP contribution is 2.29. The highest BCUT2D eigenvalue weighted by atomic mass is 19.4. The van der Waals surface area contributed by atoms with E-state index < -0.39 is 17.6 Å². The molecule has 0 bridgehead atoms. The summed E-state index contributed by atoms with van der Waals surface area (Å²) in [6.07, 6.45) is -3.17. The van der Waals surface area contributed by atoms with Crippen LogP contribution in [-0.4, -0.2) is 25.7 Å². The van der Waals surface area contributed by atoms with Gasteiger partial charge in [-0.1, -0.05) is 18.1 Å². The van der Waals surface area contributed by atoms with Gasteiger partial charge in [0.25, 0.3) is 5.91 Å². The molecular formula is C24H19F3N6O. The topological polar surface area (TPSA) is 98.7 Å². The molecule has 0 saturated carbocycles. The number of nitrogen functional groups attached to an aromatic ring is 1. The molecule has 2 aromatic carbocycles. The van der Waals surface area contributed by atoms with Crippen molar-refractivity contribution < 1.29 is 18.0 Å². The fourth-order valence-electron chi connectivity index (χ4n) is 3.29. The van der Waals surface area contributed by atoms with Crippen LogP contribution in [0.3, 0.4) is 0 Å². The number of nitrogens with two attached hydrogens (primary N) is 1. The second-order valence-electron chi connectivity index (χ2n) is 7.71. The highest BCUT2D eigenvalue weighted by molar-refractivity contribution is 6.04. The van der Waals surface area contributed by atoms with Crippen molar-refractivity contribution in [2.45, 2.75) is 26.1 Å². The van der Waals surface area contributed by atoms with E-state index in [2.05, 4.69) is 32.2 Å². The van der Waals surface area contributed by atoms with Crippen LogP contribution < -0.4 is 11.1 Å². The van der Waals surface area contributed by atoms with E-state index in [0.717, 1.165) is 12.1 Å². The molecule has 0 aliphatic rings. The number of anilines is 2. The van der Waals surface area contributed by atoms with Gasteiger partial charge in [-0.2, -0.15) is 18.3 Å². The predicted octanol–water partition coefficient (Wildman–Crippen LogP) is 4.66. The number of aromatic nitrogens is 4. The van der Waals surface area contributed by atoms with Gasteiger partial charge < -0.3 is 11.1 Å². The van der Waals surface area contributed by atoms with Crippen LogP contribution in [0.4, 0.5) is 24.7 Å². The first-order chi connectivity index (χ1) is 16.1. The third-order valence-electron chi connectivity index (χ3n) is 4.91. The molecule has 3 N–H and O–H groups in total. The van der Waals surface area contributed by atoms with E-state index >= 15 is 0 Å². The van der Waals surface area contributed by atoms with Crippen molar-refractivity contribution in [3.8, 4) is 11.8 Å². The molecule has 34 heavy (non-hydrogen) atoms. The second-order valence-corrected chi connectivity index (χ2v) is 7.71. The Morgan fingerprint density at radius 2 is 1.85 bits per heavy atom. The van der Waals surface area contributed by atoms with Gasteiger partial charge in [-0.3, -0.25) is 4.79 Å². The molecule has 0 saturated heterocycles. The number of fused-ring (bicyclic) bond motifs is 1. The van der Waals surface area contributed by atoms with E-state index in [0.29, 0.717) is 28.0 Å². The molecule has 4 aromatic rings. The first-order valence-electron chi connectivity index (χ1n) is 10.2. The highest BCUT2D eigenvalue weighted by Gasteiger charge is 2.30. The lowest BCUT2D eigenvalue weighted by atomic mass is 10.1. The number of carbonyl (C=O) groups excluding carboxylic acids is 1. The lowest BCUT2D eigenvalue weighted by molar-refractivity contribution is -0.137. The van der Waals surface area contributed by atoms with Crippen LogP contribution in [0.25, 0.3) is 11.0 Å². The number of amides is 1. The van der Waals surface area contributed by atoms with Crippen LogP contribution in [0.1, 0.15) is 47.1 Å². The molecule has 0 fully saturated rings. The summed E-state index contributed by atoms with van der Waals surface area (Å²) in [4.78, 5) is 20.8. The zero-order chi connectivity index (χ0) is 24.5. The van der Waals surface area contributed by atoms with Gasteiger partial charge in [0.2, 0.25) is 0 Å². The number of nitrogens with zero attached hydrogens (tertiary/aromatic N) is 4. The number of hydrogen-bond donors (Lipinski definition) is 2. The van der Waals surface area contributed by atoms with Crippen molar-refractivity contribution >= 4 is 28.4 Å². The lowest BCUT2D eigenvalue weighted by Crippen LogP contribution is -2.14. The van der Waals surface area contributed by atoms with Crippen molar-refractivity contribution in [2.24, 2.45) is 0 Å². The summed E-state index contributed by atoms with van der Waals surface area (Å²) in [7, 11) is 0. The third kappa shape index (κ3) is 4.68. The number of benzene rings is 2. The minimum absolute atomic E-state index is 0.0294. The summed E-state index contributed by atoms with van der Waals surface area (Å²) in [5, 5.41) is 7.66. The number of halogens is 3. The molecule has 172 valence electrons. The van der Waals surface area contributed by atoms with Crippen LogP contribution in [0.15, 0.2) is 54.9 Å². The van der Waals surface area contributed by atoms with Gasteiger partial charge in [-0.15, -0.1) is 0 Å². The molecule has 10 heteroatoms. The minimum atomic E-state index is -4.53. The molecule has 2 heterocycles. The molecule has 1 amide bonds. The number of hydrogen-bond acceptors (Lipinski definition) is 5. The first-order valence-corrected chi connectivity index (χ1v) is 10.2. The van der Waals surface area contributed by atoms with Crippen LogP contribution >= 0.6 is 0 Å². The van der Waals surface area contributed by atoms with Gasteiger partial charge in [-0.05, 0) is 56.2 Å². The van der Waals surface area contributed by atoms with E-state index in [1.165, 1.54) is 18.5 Å². The number of alkyl halides is 3. The molecule has 0 aliphatic carbocycles. The van der Waals surface area contributed by atoms with E-state index in [9.17, 15) is 18.0 Å². The van der Waals surface area contributed by atoms with Gasteiger partial charge in [0.15, 0.2) is 5.65 Å². The van der Waals surface area contributed by atoms with Gasteiger partial charge >= 0.3 is 6.18 Å². The summed E-state index contributed by atoms with van der Waals surface area (Å²) in [5.74, 6) is 5.56.